The van der Waals surface area contributed by atoms with Gasteiger partial charge < -0.3 is 49.0 Å². The van der Waals surface area contributed by atoms with Crippen molar-refractivity contribution in [1.82, 2.24) is 15.1 Å². The van der Waals surface area contributed by atoms with E-state index in [0.29, 0.717) is 25.7 Å². The summed E-state index contributed by atoms with van der Waals surface area (Å²) in [6.45, 7) is 29.8. The highest BCUT2D eigenvalue weighted by Crippen LogP contribution is 2.13. The molecule has 0 bridgehead atoms. The van der Waals surface area contributed by atoms with Gasteiger partial charge in [0, 0.05) is 31.2 Å². The SMILES string of the molecule is C.C.C.CC(C)(C)OC(=O)OC(=O)OC(C)(C)C.CC(C)N(CCO)C(=O)OC(C)(C)C.CC(C)N1CCOC1=O.CC(C)NCCO. The molecule has 0 aromatic rings. The number of hydrogen-bond donors (Lipinski definition) is 3. The molecule has 1 aliphatic heterocycles. The maximum absolute atomic E-state index is 11.6. The fraction of sp³-hybridized carbons (Fsp3) is 0.882. The van der Waals surface area contributed by atoms with Gasteiger partial charge in [-0.05, 0) is 90.0 Å². The van der Waals surface area contributed by atoms with Crippen LogP contribution >= 0.6 is 0 Å². The summed E-state index contributed by atoms with van der Waals surface area (Å²) in [5, 5.41) is 20.1. The monoisotopic (exact) mass is 702 g/mol. The number of nitrogens with one attached hydrogen (secondary N) is 1. The van der Waals surface area contributed by atoms with E-state index < -0.39 is 29.1 Å². The van der Waals surface area contributed by atoms with Crippen LogP contribution in [0.1, 0.15) is 126 Å². The van der Waals surface area contributed by atoms with E-state index in [1.54, 1.807) is 46.4 Å². The van der Waals surface area contributed by atoms with Crippen molar-refractivity contribution in [3.05, 3.63) is 0 Å². The first-order valence-corrected chi connectivity index (χ1v) is 15.3. The standard InChI is InChI=1S/C10H21NO3.C10H18O5.C6H11NO2.C5H13NO.3CH4/c1-8(2)11(6-7-12)9(13)14-10(3,4)5;1-9(2,3)14-7(11)13-8(12)15-10(4,5)6;1-5(2)7-3-4-9-6(7)8;1-5(2)6-3-4-7;;;/h8,12H,6-7H2,1-5H3;1-6H3;5H,3-4H2,1-2H3;5-7H,3-4H2,1-2H3;3*1H4. The molecule has 2 amide bonds. The zero-order chi connectivity index (χ0) is 36.2. The van der Waals surface area contributed by atoms with Crippen LogP contribution in [0.3, 0.4) is 0 Å². The molecule has 14 nitrogen and oxygen atoms in total. The molecule has 1 saturated heterocycles. The van der Waals surface area contributed by atoms with Crippen molar-refractivity contribution in [2.24, 2.45) is 0 Å². The Morgan fingerprint density at radius 1 is 0.792 bits per heavy atom. The quantitative estimate of drug-likeness (QED) is 0.138. The zero-order valence-corrected chi connectivity index (χ0v) is 30.4. The van der Waals surface area contributed by atoms with Crippen LogP contribution in [0.15, 0.2) is 0 Å². The number of rotatable bonds is 7. The van der Waals surface area contributed by atoms with E-state index in [-0.39, 0.29) is 59.8 Å². The van der Waals surface area contributed by atoms with Gasteiger partial charge in [0.1, 0.15) is 23.4 Å². The number of ether oxygens (including phenoxy) is 5. The first-order chi connectivity index (χ1) is 20.3. The Kier molecular flexibility index (Phi) is 33.6. The smallest absolute Gasteiger partial charge is 0.448 e. The summed E-state index contributed by atoms with van der Waals surface area (Å²) in [6.07, 6.45) is -2.67. The lowest BCUT2D eigenvalue weighted by Gasteiger charge is -2.29. The van der Waals surface area contributed by atoms with Gasteiger partial charge in [0.25, 0.3) is 0 Å². The first-order valence-electron chi connectivity index (χ1n) is 15.3. The predicted octanol–water partition coefficient (Wildman–Crippen LogP) is 7.23. The Bertz CT molecular complexity index is 819. The third kappa shape index (κ3) is 37.6. The molecule has 0 unspecified atom stereocenters. The van der Waals surface area contributed by atoms with E-state index in [9.17, 15) is 19.2 Å². The van der Waals surface area contributed by atoms with Crippen molar-refractivity contribution in [2.75, 3.05) is 39.5 Å². The van der Waals surface area contributed by atoms with E-state index in [1.165, 1.54) is 4.90 Å². The van der Waals surface area contributed by atoms with Crippen LogP contribution in [-0.4, -0.2) is 119 Å². The van der Waals surface area contributed by atoms with Gasteiger partial charge in [0.05, 0.1) is 19.8 Å². The number of carbonyl (C=O) groups excluding carboxylic acids is 4. The molecule has 1 heterocycles. The highest BCUT2D eigenvalue weighted by atomic mass is 16.8. The lowest BCUT2D eigenvalue weighted by Crippen LogP contribution is -2.42. The van der Waals surface area contributed by atoms with Gasteiger partial charge in [-0.15, -0.1) is 0 Å². The number of cyclic esters (lactones) is 1. The second-order valence-electron chi connectivity index (χ2n) is 13.8. The maximum atomic E-state index is 11.6. The molecule has 292 valence electrons. The summed E-state index contributed by atoms with van der Waals surface area (Å²) in [5.74, 6) is 0. The molecule has 0 saturated carbocycles. The van der Waals surface area contributed by atoms with E-state index in [1.807, 2.05) is 48.5 Å². The van der Waals surface area contributed by atoms with Crippen LogP contribution in [0.2, 0.25) is 0 Å². The van der Waals surface area contributed by atoms with Gasteiger partial charge in [0.2, 0.25) is 0 Å². The summed E-state index contributed by atoms with van der Waals surface area (Å²) in [6, 6.07) is 0.809. The molecule has 1 rings (SSSR count). The largest absolute Gasteiger partial charge is 0.519 e. The molecule has 0 aromatic carbocycles. The van der Waals surface area contributed by atoms with Crippen molar-refractivity contribution in [2.45, 2.75) is 161 Å². The zero-order valence-electron chi connectivity index (χ0n) is 30.4. The van der Waals surface area contributed by atoms with Gasteiger partial charge >= 0.3 is 24.5 Å². The Labute approximate surface area is 293 Å². The molecule has 1 aliphatic rings. The molecule has 0 radical (unpaired) electrons. The van der Waals surface area contributed by atoms with Gasteiger partial charge in [-0.2, -0.15) is 0 Å². The topological polar surface area (TPSA) is 173 Å². The average molecular weight is 702 g/mol. The van der Waals surface area contributed by atoms with Crippen LogP contribution in [0.5, 0.6) is 0 Å². The van der Waals surface area contributed by atoms with Crippen molar-refractivity contribution >= 4 is 24.5 Å². The third-order valence-corrected chi connectivity index (χ3v) is 4.62. The summed E-state index contributed by atoms with van der Waals surface area (Å²) in [5.41, 5.74) is -1.88. The summed E-state index contributed by atoms with van der Waals surface area (Å²) >= 11 is 0. The first kappa shape index (κ1) is 57.4. The minimum Gasteiger partial charge on any atom is -0.448 e. The number of nitrogens with zero attached hydrogens (tertiary/aromatic N) is 2. The van der Waals surface area contributed by atoms with Crippen LogP contribution in [0, 0.1) is 0 Å². The lowest BCUT2D eigenvalue weighted by atomic mass is 10.2. The molecule has 0 spiro atoms. The number of amides is 2. The van der Waals surface area contributed by atoms with Crippen molar-refractivity contribution < 1.29 is 53.1 Å². The molecular weight excluding hydrogens is 626 g/mol. The van der Waals surface area contributed by atoms with Crippen molar-refractivity contribution in [3.63, 3.8) is 0 Å². The minimum absolute atomic E-state index is 0. The van der Waals surface area contributed by atoms with Crippen molar-refractivity contribution in [3.8, 4) is 0 Å². The van der Waals surface area contributed by atoms with Crippen LogP contribution in [0.25, 0.3) is 0 Å². The second-order valence-corrected chi connectivity index (χ2v) is 13.8. The number of aliphatic hydroxyl groups is 2. The normalized spacial score (nSPS) is 12.2. The fourth-order valence-electron chi connectivity index (χ4n) is 2.83. The highest BCUT2D eigenvalue weighted by Gasteiger charge is 2.25. The molecular formula is C34H75N3O11. The number of carbonyl (C=O) groups is 4. The van der Waals surface area contributed by atoms with E-state index in [4.69, 9.17) is 29.2 Å². The van der Waals surface area contributed by atoms with Gasteiger partial charge in [-0.25, -0.2) is 19.2 Å². The average Bonchev–Trinajstić information content (AvgIpc) is 3.24. The maximum Gasteiger partial charge on any atom is 0.519 e. The Morgan fingerprint density at radius 2 is 1.21 bits per heavy atom. The number of hydrogen-bond acceptors (Lipinski definition) is 12. The third-order valence-electron chi connectivity index (χ3n) is 4.62. The van der Waals surface area contributed by atoms with E-state index in [0.717, 1.165) is 6.54 Å². The molecule has 0 atom stereocenters. The Balaban J connectivity index is -0.000000124. The Hall–Kier alpha value is -2.84. The minimum atomic E-state index is -1.06. The summed E-state index contributed by atoms with van der Waals surface area (Å²) < 4.78 is 23.7. The van der Waals surface area contributed by atoms with Crippen LogP contribution < -0.4 is 5.32 Å². The lowest BCUT2D eigenvalue weighted by molar-refractivity contribution is -0.0294. The molecule has 0 aliphatic carbocycles. The molecule has 0 aromatic heterocycles. The fourth-order valence-corrected chi connectivity index (χ4v) is 2.83. The molecule has 48 heavy (non-hydrogen) atoms. The van der Waals surface area contributed by atoms with Crippen LogP contribution in [-0.2, 0) is 23.7 Å². The van der Waals surface area contributed by atoms with E-state index >= 15 is 0 Å². The highest BCUT2D eigenvalue weighted by molar-refractivity contribution is 5.77. The van der Waals surface area contributed by atoms with Gasteiger partial charge in [-0.1, -0.05) is 36.1 Å². The Morgan fingerprint density at radius 3 is 1.42 bits per heavy atom. The summed E-state index contributed by atoms with van der Waals surface area (Å²) in [7, 11) is 0. The molecule has 14 heteroatoms. The van der Waals surface area contributed by atoms with Gasteiger partial charge in [-0.3, -0.25) is 0 Å². The molecule has 3 N–H and O–H groups in total. The van der Waals surface area contributed by atoms with Crippen LogP contribution in [0.4, 0.5) is 19.2 Å². The summed E-state index contributed by atoms with van der Waals surface area (Å²) in [4.78, 5) is 47.5. The van der Waals surface area contributed by atoms with Crippen molar-refractivity contribution in [1.29, 1.82) is 0 Å². The predicted molar refractivity (Wildman–Crippen MR) is 192 cm³/mol. The van der Waals surface area contributed by atoms with E-state index in [2.05, 4.69) is 23.9 Å². The molecule has 1 fully saturated rings. The second kappa shape index (κ2) is 28.0. The van der Waals surface area contributed by atoms with Gasteiger partial charge in [0.15, 0.2) is 0 Å². The number of aliphatic hydroxyl groups excluding tert-OH is 2.